The molecule has 0 radical (unpaired) electrons. The average Bonchev–Trinajstić information content (AvgIpc) is 3.09. The molecule has 24 heavy (non-hydrogen) atoms. The number of aryl methyl sites for hydroxylation is 2. The number of hydrogen-bond donors (Lipinski definition) is 1. The zero-order valence-electron chi connectivity index (χ0n) is 14.2. The fraction of sp³-hybridized carbons (Fsp3) is 0.389. The summed E-state index contributed by atoms with van der Waals surface area (Å²) in [6.45, 7) is 7.52. The van der Waals surface area contributed by atoms with E-state index in [2.05, 4.69) is 28.6 Å². The van der Waals surface area contributed by atoms with Gasteiger partial charge in [-0.3, -0.25) is 9.48 Å². The SMILES string of the molecule is Cc1cc(C)n(C[C@H](C)CNC(=O)Cc2noc3ccccc23)n1. The van der Waals surface area contributed by atoms with Gasteiger partial charge in [0.05, 0.1) is 12.1 Å². The molecule has 6 nitrogen and oxygen atoms in total. The predicted molar refractivity (Wildman–Crippen MR) is 91.6 cm³/mol. The van der Waals surface area contributed by atoms with E-state index in [0.717, 1.165) is 23.3 Å². The Morgan fingerprint density at radius 2 is 2.12 bits per heavy atom. The van der Waals surface area contributed by atoms with Gasteiger partial charge in [0.15, 0.2) is 5.58 Å². The number of rotatable bonds is 6. The van der Waals surface area contributed by atoms with Crippen LogP contribution in [0.3, 0.4) is 0 Å². The first-order valence-electron chi connectivity index (χ1n) is 8.14. The molecule has 1 aromatic carbocycles. The van der Waals surface area contributed by atoms with Crippen molar-refractivity contribution in [1.29, 1.82) is 0 Å². The molecule has 0 unspecified atom stereocenters. The van der Waals surface area contributed by atoms with E-state index in [-0.39, 0.29) is 12.3 Å². The smallest absolute Gasteiger partial charge is 0.226 e. The summed E-state index contributed by atoms with van der Waals surface area (Å²) in [5.74, 6) is 0.246. The highest BCUT2D eigenvalue weighted by molar-refractivity contribution is 5.86. The Balaban J connectivity index is 1.53. The first kappa shape index (κ1) is 16.2. The highest BCUT2D eigenvalue weighted by Crippen LogP contribution is 2.18. The standard InChI is InChI=1S/C18H22N4O2/c1-12(11-22-14(3)8-13(2)20-22)10-19-18(23)9-16-15-6-4-5-7-17(15)24-21-16/h4-8,12H,9-11H2,1-3H3,(H,19,23)/t12-/m1/s1. The summed E-state index contributed by atoms with van der Waals surface area (Å²) in [5, 5.41) is 12.3. The average molecular weight is 326 g/mol. The maximum absolute atomic E-state index is 12.2. The molecule has 126 valence electrons. The highest BCUT2D eigenvalue weighted by atomic mass is 16.5. The van der Waals surface area contributed by atoms with Crippen LogP contribution >= 0.6 is 0 Å². The monoisotopic (exact) mass is 326 g/mol. The number of benzene rings is 1. The maximum atomic E-state index is 12.2. The summed E-state index contributed by atoms with van der Waals surface area (Å²) >= 11 is 0. The topological polar surface area (TPSA) is 73.0 Å². The van der Waals surface area contributed by atoms with Gasteiger partial charge in [0.25, 0.3) is 0 Å². The molecule has 3 aromatic rings. The molecule has 0 aliphatic rings. The molecule has 1 amide bonds. The van der Waals surface area contributed by atoms with Gasteiger partial charge >= 0.3 is 0 Å². The van der Waals surface area contributed by atoms with Gasteiger partial charge in [-0.1, -0.05) is 24.2 Å². The lowest BCUT2D eigenvalue weighted by molar-refractivity contribution is -0.120. The van der Waals surface area contributed by atoms with Crippen molar-refractivity contribution in [3.63, 3.8) is 0 Å². The number of fused-ring (bicyclic) bond motifs is 1. The minimum absolute atomic E-state index is 0.0470. The number of nitrogens with one attached hydrogen (secondary N) is 1. The Hall–Kier alpha value is -2.63. The van der Waals surface area contributed by atoms with E-state index in [1.54, 1.807) is 0 Å². The van der Waals surface area contributed by atoms with Gasteiger partial charge in [-0.2, -0.15) is 5.10 Å². The second-order valence-corrected chi connectivity index (χ2v) is 6.32. The first-order chi connectivity index (χ1) is 11.5. The largest absolute Gasteiger partial charge is 0.356 e. The molecule has 0 saturated heterocycles. The van der Waals surface area contributed by atoms with Crippen LogP contribution in [0.5, 0.6) is 0 Å². The van der Waals surface area contributed by atoms with Crippen molar-refractivity contribution >= 4 is 16.9 Å². The zero-order chi connectivity index (χ0) is 17.1. The molecule has 2 heterocycles. The summed E-state index contributed by atoms with van der Waals surface area (Å²) in [7, 11) is 0. The Morgan fingerprint density at radius 3 is 2.88 bits per heavy atom. The lowest BCUT2D eigenvalue weighted by Crippen LogP contribution is -2.31. The summed E-state index contributed by atoms with van der Waals surface area (Å²) in [6, 6.07) is 9.62. The van der Waals surface area contributed by atoms with E-state index in [1.807, 2.05) is 42.8 Å². The third kappa shape index (κ3) is 3.64. The molecule has 0 spiro atoms. The molecule has 6 heteroatoms. The van der Waals surface area contributed by atoms with Crippen LogP contribution in [-0.4, -0.2) is 27.4 Å². The van der Waals surface area contributed by atoms with Gasteiger partial charge < -0.3 is 9.84 Å². The molecule has 0 fully saturated rings. The Morgan fingerprint density at radius 1 is 1.33 bits per heavy atom. The van der Waals surface area contributed by atoms with Crippen LogP contribution in [0.15, 0.2) is 34.9 Å². The molecule has 0 aliphatic carbocycles. The second-order valence-electron chi connectivity index (χ2n) is 6.32. The first-order valence-corrected chi connectivity index (χ1v) is 8.14. The van der Waals surface area contributed by atoms with Crippen LogP contribution in [0.25, 0.3) is 11.0 Å². The normalized spacial score (nSPS) is 12.5. The van der Waals surface area contributed by atoms with Gasteiger partial charge in [-0.05, 0) is 38.0 Å². The van der Waals surface area contributed by atoms with Gasteiger partial charge in [0, 0.05) is 24.2 Å². The quantitative estimate of drug-likeness (QED) is 0.756. The number of para-hydroxylation sites is 1. The zero-order valence-corrected chi connectivity index (χ0v) is 14.2. The third-order valence-electron chi connectivity index (χ3n) is 4.02. The van der Waals surface area contributed by atoms with E-state index < -0.39 is 0 Å². The van der Waals surface area contributed by atoms with Crippen LogP contribution in [-0.2, 0) is 17.8 Å². The van der Waals surface area contributed by atoms with Crippen molar-refractivity contribution in [2.75, 3.05) is 6.54 Å². The van der Waals surface area contributed by atoms with Crippen molar-refractivity contribution < 1.29 is 9.32 Å². The summed E-state index contributed by atoms with van der Waals surface area (Å²) in [6.07, 6.45) is 0.226. The fourth-order valence-corrected chi connectivity index (χ4v) is 2.79. The Bertz CT molecular complexity index is 850. The highest BCUT2D eigenvalue weighted by Gasteiger charge is 2.13. The molecule has 0 saturated carbocycles. The molecule has 3 rings (SSSR count). The molecular formula is C18H22N4O2. The number of amides is 1. The lowest BCUT2D eigenvalue weighted by Gasteiger charge is -2.13. The number of carbonyl (C=O) groups excluding carboxylic acids is 1. The van der Waals surface area contributed by atoms with Crippen molar-refractivity contribution in [3.05, 3.63) is 47.4 Å². The van der Waals surface area contributed by atoms with Crippen LogP contribution in [0.2, 0.25) is 0 Å². The summed E-state index contributed by atoms with van der Waals surface area (Å²) in [5.41, 5.74) is 3.54. The van der Waals surface area contributed by atoms with Crippen molar-refractivity contribution in [1.82, 2.24) is 20.3 Å². The molecule has 2 aromatic heterocycles. The summed E-state index contributed by atoms with van der Waals surface area (Å²) in [4.78, 5) is 12.2. The van der Waals surface area contributed by atoms with Crippen LogP contribution in [0.4, 0.5) is 0 Å². The van der Waals surface area contributed by atoms with Gasteiger partial charge in [-0.25, -0.2) is 0 Å². The van der Waals surface area contributed by atoms with Crippen LogP contribution < -0.4 is 5.32 Å². The van der Waals surface area contributed by atoms with E-state index >= 15 is 0 Å². The molecule has 1 N–H and O–H groups in total. The van der Waals surface area contributed by atoms with Crippen molar-refractivity contribution in [2.45, 2.75) is 33.7 Å². The van der Waals surface area contributed by atoms with Gasteiger partial charge in [0.2, 0.25) is 5.91 Å². The lowest BCUT2D eigenvalue weighted by atomic mass is 10.1. The third-order valence-corrected chi connectivity index (χ3v) is 4.02. The van der Waals surface area contributed by atoms with Crippen molar-refractivity contribution in [2.24, 2.45) is 5.92 Å². The Labute approximate surface area is 140 Å². The van der Waals surface area contributed by atoms with Crippen molar-refractivity contribution in [3.8, 4) is 0 Å². The van der Waals surface area contributed by atoms with Gasteiger partial charge in [0.1, 0.15) is 5.69 Å². The minimum Gasteiger partial charge on any atom is -0.356 e. The van der Waals surface area contributed by atoms with E-state index in [1.165, 1.54) is 0 Å². The maximum Gasteiger partial charge on any atom is 0.226 e. The minimum atomic E-state index is -0.0470. The van der Waals surface area contributed by atoms with Gasteiger partial charge in [-0.15, -0.1) is 0 Å². The summed E-state index contributed by atoms with van der Waals surface area (Å²) < 4.78 is 7.21. The number of nitrogens with zero attached hydrogens (tertiary/aromatic N) is 3. The molecule has 0 aliphatic heterocycles. The van der Waals surface area contributed by atoms with Crippen LogP contribution in [0, 0.1) is 19.8 Å². The van der Waals surface area contributed by atoms with E-state index in [9.17, 15) is 4.79 Å². The number of hydrogen-bond acceptors (Lipinski definition) is 4. The predicted octanol–water partition coefficient (Wildman–Crippen LogP) is 2.64. The molecule has 0 bridgehead atoms. The molecule has 1 atom stereocenters. The molecular weight excluding hydrogens is 304 g/mol. The number of carbonyl (C=O) groups is 1. The number of aromatic nitrogens is 3. The Kier molecular flexibility index (Phi) is 4.64. The van der Waals surface area contributed by atoms with E-state index in [0.29, 0.717) is 23.7 Å². The fourth-order valence-electron chi connectivity index (χ4n) is 2.79. The second kappa shape index (κ2) is 6.86. The van der Waals surface area contributed by atoms with E-state index in [4.69, 9.17) is 4.52 Å². The van der Waals surface area contributed by atoms with Crippen LogP contribution in [0.1, 0.15) is 24.0 Å².